The number of hydrogen-bond donors (Lipinski definition) is 0. The molecule has 2 aromatic heterocycles. The molecule has 3 heterocycles. The van der Waals surface area contributed by atoms with Crippen LogP contribution in [0.2, 0.25) is 0 Å². The lowest BCUT2D eigenvalue weighted by Gasteiger charge is -2.32. The van der Waals surface area contributed by atoms with E-state index >= 15 is 0 Å². The highest BCUT2D eigenvalue weighted by atomic mass is 32.2. The molecule has 0 spiro atoms. The van der Waals surface area contributed by atoms with Crippen LogP contribution in [0.1, 0.15) is 29.4 Å². The van der Waals surface area contributed by atoms with Gasteiger partial charge in [0.1, 0.15) is 12.7 Å². The zero-order chi connectivity index (χ0) is 15.7. The Kier molecular flexibility index (Phi) is 3.73. The van der Waals surface area contributed by atoms with Crippen LogP contribution >= 0.6 is 0 Å². The Labute approximate surface area is 127 Å². The van der Waals surface area contributed by atoms with Gasteiger partial charge >= 0.3 is 0 Å². The van der Waals surface area contributed by atoms with Gasteiger partial charge in [0.2, 0.25) is 14.9 Å². The lowest BCUT2D eigenvalue weighted by Crippen LogP contribution is -2.40. The Morgan fingerprint density at radius 2 is 2.23 bits per heavy atom. The molecule has 1 aliphatic heterocycles. The van der Waals surface area contributed by atoms with Gasteiger partial charge in [-0.2, -0.15) is 5.10 Å². The van der Waals surface area contributed by atoms with Crippen LogP contribution in [-0.2, 0) is 9.84 Å². The summed E-state index contributed by atoms with van der Waals surface area (Å²) in [7, 11) is -3.45. The lowest BCUT2D eigenvalue weighted by atomic mass is 10.1. The molecule has 118 valence electrons. The molecule has 0 aromatic carbocycles. The highest BCUT2D eigenvalue weighted by Gasteiger charge is 2.28. The van der Waals surface area contributed by atoms with Gasteiger partial charge in [0, 0.05) is 19.3 Å². The van der Waals surface area contributed by atoms with Crippen LogP contribution in [0.25, 0.3) is 0 Å². The summed E-state index contributed by atoms with van der Waals surface area (Å²) in [6.07, 6.45) is 5.90. The van der Waals surface area contributed by atoms with Gasteiger partial charge in [0.15, 0.2) is 5.76 Å². The molecular weight excluding hydrogens is 308 g/mol. The van der Waals surface area contributed by atoms with Crippen molar-refractivity contribution in [2.75, 3.05) is 19.3 Å². The van der Waals surface area contributed by atoms with Crippen LogP contribution < -0.4 is 0 Å². The third-order valence-corrected chi connectivity index (χ3v) is 4.60. The molecule has 1 saturated heterocycles. The van der Waals surface area contributed by atoms with Crippen LogP contribution in [0, 0.1) is 0 Å². The predicted molar refractivity (Wildman–Crippen MR) is 76.0 cm³/mol. The minimum absolute atomic E-state index is 0.0414. The summed E-state index contributed by atoms with van der Waals surface area (Å²) in [6, 6.07) is 2.78. The SMILES string of the molecule is CS(=O)(=O)c1ccc(C(=O)N2CCCC(n3cncn3)C2)o1. The van der Waals surface area contributed by atoms with E-state index in [1.807, 2.05) is 0 Å². The first-order valence-corrected chi connectivity index (χ1v) is 8.77. The molecular formula is C13H16N4O4S. The Hall–Kier alpha value is -2.16. The molecule has 9 heteroatoms. The van der Waals surface area contributed by atoms with E-state index in [0.29, 0.717) is 13.1 Å². The molecule has 1 unspecified atom stereocenters. The fourth-order valence-corrected chi connectivity index (χ4v) is 3.11. The van der Waals surface area contributed by atoms with Gasteiger partial charge in [-0.25, -0.2) is 18.1 Å². The zero-order valence-electron chi connectivity index (χ0n) is 12.0. The van der Waals surface area contributed by atoms with Gasteiger partial charge in [-0.15, -0.1) is 0 Å². The van der Waals surface area contributed by atoms with Crippen molar-refractivity contribution in [1.29, 1.82) is 0 Å². The Morgan fingerprint density at radius 1 is 1.41 bits per heavy atom. The van der Waals surface area contributed by atoms with E-state index in [1.54, 1.807) is 15.9 Å². The molecule has 1 amide bonds. The first kappa shape index (κ1) is 14.8. The second-order valence-corrected chi connectivity index (χ2v) is 7.26. The van der Waals surface area contributed by atoms with Crippen molar-refractivity contribution < 1.29 is 17.6 Å². The predicted octanol–water partition coefficient (Wildman–Crippen LogP) is 0.752. The number of amides is 1. The second-order valence-electron chi connectivity index (χ2n) is 5.31. The number of hydrogen-bond acceptors (Lipinski definition) is 6. The topological polar surface area (TPSA) is 98.3 Å². The van der Waals surface area contributed by atoms with Gasteiger partial charge in [0.25, 0.3) is 5.91 Å². The third-order valence-electron chi connectivity index (χ3n) is 3.65. The Morgan fingerprint density at radius 3 is 2.86 bits per heavy atom. The van der Waals surface area contributed by atoms with Crippen LogP contribution in [0.5, 0.6) is 0 Å². The number of carbonyl (C=O) groups is 1. The summed E-state index contributed by atoms with van der Waals surface area (Å²) in [5.74, 6) is -0.264. The van der Waals surface area contributed by atoms with Gasteiger partial charge < -0.3 is 9.32 Å². The van der Waals surface area contributed by atoms with Crippen molar-refractivity contribution in [3.05, 3.63) is 30.5 Å². The number of sulfone groups is 1. The number of likely N-dealkylation sites (tertiary alicyclic amines) is 1. The first-order valence-electron chi connectivity index (χ1n) is 6.88. The van der Waals surface area contributed by atoms with Gasteiger partial charge in [0.05, 0.1) is 6.04 Å². The summed E-state index contributed by atoms with van der Waals surface area (Å²) >= 11 is 0. The van der Waals surface area contributed by atoms with E-state index in [9.17, 15) is 13.2 Å². The Balaban J connectivity index is 1.76. The van der Waals surface area contributed by atoms with Crippen molar-refractivity contribution in [2.45, 2.75) is 24.0 Å². The maximum absolute atomic E-state index is 12.4. The Bertz CT molecular complexity index is 766. The zero-order valence-corrected chi connectivity index (χ0v) is 12.9. The highest BCUT2D eigenvalue weighted by Crippen LogP contribution is 2.23. The van der Waals surface area contributed by atoms with Crippen molar-refractivity contribution in [1.82, 2.24) is 19.7 Å². The van der Waals surface area contributed by atoms with Crippen LogP contribution in [0.3, 0.4) is 0 Å². The summed E-state index contributed by atoms with van der Waals surface area (Å²) in [6.45, 7) is 1.11. The normalized spacial score (nSPS) is 19.3. The van der Waals surface area contributed by atoms with Gasteiger partial charge in [-0.3, -0.25) is 4.79 Å². The number of rotatable bonds is 3. The van der Waals surface area contributed by atoms with E-state index in [1.165, 1.54) is 18.5 Å². The fourth-order valence-electron chi connectivity index (χ4n) is 2.55. The molecule has 1 aliphatic rings. The fraction of sp³-hybridized carbons (Fsp3) is 0.462. The molecule has 8 nitrogen and oxygen atoms in total. The standard InChI is InChI=1S/C13H16N4O4S/c1-22(19,20)12-5-4-11(21-12)13(18)16-6-2-3-10(7-16)17-9-14-8-15-17/h4-5,8-10H,2-3,6-7H2,1H3. The summed E-state index contributed by atoms with van der Waals surface area (Å²) in [5, 5.41) is 3.91. The van der Waals surface area contributed by atoms with Crippen molar-refractivity contribution >= 4 is 15.7 Å². The average molecular weight is 324 g/mol. The monoisotopic (exact) mass is 324 g/mol. The number of furan rings is 1. The van der Waals surface area contributed by atoms with E-state index in [2.05, 4.69) is 10.1 Å². The molecule has 1 fully saturated rings. The smallest absolute Gasteiger partial charge is 0.289 e. The maximum Gasteiger partial charge on any atom is 0.289 e. The molecule has 3 rings (SSSR count). The van der Waals surface area contributed by atoms with Crippen molar-refractivity contribution in [3.63, 3.8) is 0 Å². The molecule has 0 radical (unpaired) electrons. The van der Waals surface area contributed by atoms with Crippen molar-refractivity contribution in [3.8, 4) is 0 Å². The largest absolute Gasteiger partial charge is 0.440 e. The summed E-state index contributed by atoms with van der Waals surface area (Å²) < 4.78 is 29.7. The molecule has 0 bridgehead atoms. The van der Waals surface area contributed by atoms with E-state index in [-0.39, 0.29) is 22.8 Å². The van der Waals surface area contributed by atoms with Crippen LogP contribution in [-0.4, -0.2) is 53.3 Å². The molecule has 22 heavy (non-hydrogen) atoms. The molecule has 2 aromatic rings. The maximum atomic E-state index is 12.4. The van der Waals surface area contributed by atoms with E-state index < -0.39 is 9.84 Å². The third kappa shape index (κ3) is 2.89. The van der Waals surface area contributed by atoms with E-state index in [4.69, 9.17) is 4.42 Å². The van der Waals surface area contributed by atoms with Gasteiger partial charge in [-0.1, -0.05) is 0 Å². The minimum Gasteiger partial charge on any atom is -0.440 e. The average Bonchev–Trinajstić information content (AvgIpc) is 3.17. The molecule has 0 N–H and O–H groups in total. The number of piperidine rings is 1. The summed E-state index contributed by atoms with van der Waals surface area (Å²) in [4.78, 5) is 18.0. The first-order chi connectivity index (χ1) is 10.4. The lowest BCUT2D eigenvalue weighted by molar-refractivity contribution is 0.0635. The summed E-state index contributed by atoms with van der Waals surface area (Å²) in [5.41, 5.74) is 0. The quantitative estimate of drug-likeness (QED) is 0.826. The molecule has 1 atom stereocenters. The molecule has 0 saturated carbocycles. The van der Waals surface area contributed by atoms with Crippen molar-refractivity contribution in [2.24, 2.45) is 0 Å². The van der Waals surface area contributed by atoms with Gasteiger partial charge in [-0.05, 0) is 25.0 Å². The van der Waals surface area contributed by atoms with Crippen LogP contribution in [0.4, 0.5) is 0 Å². The second kappa shape index (κ2) is 5.56. The highest BCUT2D eigenvalue weighted by molar-refractivity contribution is 7.90. The number of carbonyl (C=O) groups excluding carboxylic acids is 1. The minimum atomic E-state index is -3.45. The molecule has 0 aliphatic carbocycles. The number of nitrogens with zero attached hydrogens (tertiary/aromatic N) is 4. The van der Waals surface area contributed by atoms with Crippen LogP contribution in [0.15, 0.2) is 34.3 Å². The number of aromatic nitrogens is 3. The van der Waals surface area contributed by atoms with E-state index in [0.717, 1.165) is 19.1 Å².